The Bertz CT molecular complexity index is 1710. The van der Waals surface area contributed by atoms with Crippen LogP contribution in [0.3, 0.4) is 0 Å². The molecule has 0 aromatic heterocycles. The molecule has 3 atom stereocenters. The van der Waals surface area contributed by atoms with E-state index in [1.807, 2.05) is 33.3 Å². The zero-order valence-corrected chi connectivity index (χ0v) is 56.8. The third kappa shape index (κ3) is 63.7. The number of phosphoric ester groups is 1. The van der Waals surface area contributed by atoms with Crippen LogP contribution in [0.4, 0.5) is 0 Å². The SMILES string of the molecule is CCCCC/C=C\C/C=C\C/C=C\C/C=C\CCCCCC(=O)NC(COP(=O)(O)OCC[N+](C)(C)C)C(/C=C\CCCCCCCCCCCC)OC(=O)CCCCCCCCCCCCCCCCCCC/C=C\C/C=C\CCCCC. The van der Waals surface area contributed by atoms with E-state index in [1.54, 1.807) is 0 Å². The van der Waals surface area contributed by atoms with Crippen LogP contribution in [0.2, 0.25) is 0 Å². The van der Waals surface area contributed by atoms with Gasteiger partial charge in [-0.3, -0.25) is 18.6 Å². The minimum Gasteiger partial charge on any atom is -0.456 e. The molecule has 0 aliphatic heterocycles. The van der Waals surface area contributed by atoms with Crippen molar-refractivity contribution in [1.29, 1.82) is 0 Å². The van der Waals surface area contributed by atoms with Crippen molar-refractivity contribution in [2.75, 3.05) is 40.9 Å². The normalized spacial score (nSPS) is 14.0. The van der Waals surface area contributed by atoms with Gasteiger partial charge in [0, 0.05) is 12.8 Å². The maximum Gasteiger partial charge on any atom is 0.472 e. The first-order chi connectivity index (χ1) is 40.9. The van der Waals surface area contributed by atoms with Crippen molar-refractivity contribution < 1.29 is 37.3 Å². The Morgan fingerprint density at radius 1 is 0.417 bits per heavy atom. The van der Waals surface area contributed by atoms with Crippen LogP contribution >= 0.6 is 7.82 Å². The van der Waals surface area contributed by atoms with Crippen molar-refractivity contribution in [2.24, 2.45) is 0 Å². The minimum absolute atomic E-state index is 0.0318. The number of rotatable bonds is 64. The summed E-state index contributed by atoms with van der Waals surface area (Å²) in [7, 11) is 1.48. The van der Waals surface area contributed by atoms with Gasteiger partial charge in [-0.2, -0.15) is 0 Å². The van der Waals surface area contributed by atoms with E-state index in [2.05, 4.69) is 99.0 Å². The Labute approximate surface area is 520 Å². The second-order valence-electron chi connectivity index (χ2n) is 25.0. The van der Waals surface area contributed by atoms with Gasteiger partial charge in [-0.05, 0) is 109 Å². The molecule has 0 bridgehead atoms. The molecule has 0 saturated carbocycles. The molecule has 0 rings (SSSR count). The number of quaternary nitrogens is 1. The maximum atomic E-state index is 13.6. The second kappa shape index (κ2) is 63.2. The number of allylic oxidation sites excluding steroid dienone is 13. The van der Waals surface area contributed by atoms with E-state index in [1.165, 1.54) is 199 Å². The highest BCUT2D eigenvalue weighted by Crippen LogP contribution is 2.43. The van der Waals surface area contributed by atoms with E-state index in [0.717, 1.165) is 83.5 Å². The van der Waals surface area contributed by atoms with Gasteiger partial charge in [0.25, 0.3) is 0 Å². The number of carbonyl (C=O) groups excluding carboxylic acids is 2. The molecule has 0 aromatic carbocycles. The van der Waals surface area contributed by atoms with E-state index < -0.39 is 20.0 Å². The highest BCUT2D eigenvalue weighted by atomic mass is 31.2. The summed E-state index contributed by atoms with van der Waals surface area (Å²) in [6, 6.07) is -0.868. The van der Waals surface area contributed by atoms with Crippen LogP contribution < -0.4 is 5.32 Å². The molecule has 0 saturated heterocycles. The third-order valence-electron chi connectivity index (χ3n) is 15.6. The van der Waals surface area contributed by atoms with Crippen LogP contribution in [0.1, 0.15) is 323 Å². The number of ether oxygens (including phenoxy) is 1. The number of hydrogen-bond donors (Lipinski definition) is 2. The Morgan fingerprint density at radius 2 is 0.726 bits per heavy atom. The molecule has 488 valence electrons. The van der Waals surface area contributed by atoms with Gasteiger partial charge in [-0.15, -0.1) is 0 Å². The summed E-state index contributed by atoms with van der Waals surface area (Å²) in [5, 5.41) is 3.05. The topological polar surface area (TPSA) is 111 Å². The summed E-state index contributed by atoms with van der Waals surface area (Å²) in [5.74, 6) is -0.534. The molecule has 0 spiro atoms. The quantitative estimate of drug-likeness (QED) is 0.0205. The summed E-state index contributed by atoms with van der Waals surface area (Å²) >= 11 is 0. The van der Waals surface area contributed by atoms with Crippen LogP contribution in [0.25, 0.3) is 0 Å². The van der Waals surface area contributed by atoms with Crippen LogP contribution in [0.5, 0.6) is 0 Å². The number of carbonyl (C=O) groups is 2. The number of unbranched alkanes of at least 4 members (excludes halogenated alkanes) is 36. The first-order valence-corrected chi connectivity index (χ1v) is 36.9. The van der Waals surface area contributed by atoms with E-state index in [0.29, 0.717) is 23.9 Å². The lowest BCUT2D eigenvalue weighted by molar-refractivity contribution is -0.870. The molecular weight excluding hydrogens is 1060 g/mol. The number of amides is 1. The number of hydrogen-bond acceptors (Lipinski definition) is 6. The van der Waals surface area contributed by atoms with Gasteiger partial charge < -0.3 is 19.4 Å². The Morgan fingerprint density at radius 3 is 1.12 bits per heavy atom. The fraction of sp³-hybridized carbons (Fsp3) is 0.784. The van der Waals surface area contributed by atoms with Crippen LogP contribution in [-0.4, -0.2) is 74.3 Å². The van der Waals surface area contributed by atoms with Crippen molar-refractivity contribution in [1.82, 2.24) is 5.32 Å². The van der Waals surface area contributed by atoms with Crippen molar-refractivity contribution in [3.05, 3.63) is 85.1 Å². The highest BCUT2D eigenvalue weighted by Gasteiger charge is 2.30. The van der Waals surface area contributed by atoms with Gasteiger partial charge in [-0.25, -0.2) is 4.57 Å². The number of esters is 1. The molecular formula is C74H136N2O7P+. The van der Waals surface area contributed by atoms with Crippen molar-refractivity contribution in [3.63, 3.8) is 0 Å². The second-order valence-corrected chi connectivity index (χ2v) is 26.5. The molecule has 0 aliphatic rings. The first-order valence-electron chi connectivity index (χ1n) is 35.4. The Kier molecular flexibility index (Phi) is 61.1. The summed E-state index contributed by atoms with van der Waals surface area (Å²) in [4.78, 5) is 37.9. The third-order valence-corrected chi connectivity index (χ3v) is 16.5. The highest BCUT2D eigenvalue weighted by molar-refractivity contribution is 7.47. The monoisotopic (exact) mass is 1200 g/mol. The van der Waals surface area contributed by atoms with Crippen LogP contribution in [-0.2, 0) is 27.9 Å². The summed E-state index contributed by atoms with van der Waals surface area (Å²) < 4.78 is 30.8. The molecule has 2 N–H and O–H groups in total. The van der Waals surface area contributed by atoms with Gasteiger partial charge >= 0.3 is 13.8 Å². The molecule has 9 nitrogen and oxygen atoms in total. The fourth-order valence-electron chi connectivity index (χ4n) is 10.1. The molecule has 0 radical (unpaired) electrons. The van der Waals surface area contributed by atoms with E-state index in [4.69, 9.17) is 13.8 Å². The minimum atomic E-state index is -4.47. The molecule has 0 heterocycles. The lowest BCUT2D eigenvalue weighted by Gasteiger charge is -2.27. The Hall–Kier alpha value is -2.81. The van der Waals surface area contributed by atoms with Crippen molar-refractivity contribution >= 4 is 19.7 Å². The largest absolute Gasteiger partial charge is 0.472 e. The zero-order valence-electron chi connectivity index (χ0n) is 55.9. The lowest BCUT2D eigenvalue weighted by Crippen LogP contribution is -2.47. The molecule has 10 heteroatoms. The standard InChI is InChI=1S/C74H135N2O7P/c1-7-10-13-16-19-22-25-28-30-32-34-35-36-37-38-39-40-41-43-45-47-49-52-55-58-61-64-67-74(78)83-72(65-62-59-56-53-50-27-24-21-18-15-12-9-3)71(70-82-84(79,80)81-69-68-76(4,5)6)75-73(77)66-63-60-57-54-51-48-46-44-42-33-31-29-26-23-20-17-14-11-8-2/h19-20,22-23,28-31,42,44,48,51,62,65,71-72H,7-18,21,24-27,32-41,43,45-47,49-50,52-61,63-64,66-70H2,1-6H3,(H-,75,77,79,80)/p+1/b22-19-,23-20-,30-28-,31-29-,44-42-,51-48-,65-62-. The van der Waals surface area contributed by atoms with E-state index >= 15 is 0 Å². The molecule has 84 heavy (non-hydrogen) atoms. The maximum absolute atomic E-state index is 13.6. The molecule has 1 amide bonds. The first kappa shape index (κ1) is 81.2. The van der Waals surface area contributed by atoms with Crippen LogP contribution in [0.15, 0.2) is 85.1 Å². The van der Waals surface area contributed by atoms with Gasteiger partial charge in [0.1, 0.15) is 19.3 Å². The molecule has 0 fully saturated rings. The summed E-state index contributed by atoms with van der Waals surface area (Å²) in [5.41, 5.74) is 0. The number of nitrogens with zero attached hydrogens (tertiary/aromatic N) is 1. The Balaban J connectivity index is 5.07. The predicted octanol–water partition coefficient (Wildman–Crippen LogP) is 22.5. The van der Waals surface area contributed by atoms with Crippen molar-refractivity contribution in [2.45, 2.75) is 335 Å². The number of likely N-dealkylation sites (N-methyl/N-ethyl adjacent to an activating group) is 1. The van der Waals surface area contributed by atoms with E-state index in [9.17, 15) is 19.0 Å². The molecule has 0 aromatic rings. The average molecular weight is 1200 g/mol. The van der Waals surface area contributed by atoms with Gasteiger partial charge in [0.15, 0.2) is 0 Å². The zero-order chi connectivity index (χ0) is 61.4. The van der Waals surface area contributed by atoms with E-state index in [-0.39, 0.29) is 31.5 Å². The van der Waals surface area contributed by atoms with Crippen molar-refractivity contribution in [3.8, 4) is 0 Å². The molecule has 0 aliphatic carbocycles. The van der Waals surface area contributed by atoms with Crippen LogP contribution in [0, 0.1) is 0 Å². The average Bonchev–Trinajstić information content (AvgIpc) is 3.64. The lowest BCUT2D eigenvalue weighted by atomic mass is 10.0. The van der Waals surface area contributed by atoms with Gasteiger partial charge in [-0.1, -0.05) is 286 Å². The molecule has 3 unspecified atom stereocenters. The number of phosphoric acid groups is 1. The summed E-state index contributed by atoms with van der Waals surface area (Å²) in [6.45, 7) is 6.96. The number of nitrogens with one attached hydrogen (secondary N) is 1. The fourth-order valence-corrected chi connectivity index (χ4v) is 10.8. The predicted molar refractivity (Wildman–Crippen MR) is 364 cm³/mol. The smallest absolute Gasteiger partial charge is 0.456 e. The van der Waals surface area contributed by atoms with Gasteiger partial charge in [0.05, 0.1) is 33.8 Å². The summed E-state index contributed by atoms with van der Waals surface area (Å²) in [6.07, 6.45) is 84.6. The van der Waals surface area contributed by atoms with Gasteiger partial charge in [0.2, 0.25) is 5.91 Å².